The van der Waals surface area contributed by atoms with E-state index in [0.29, 0.717) is 11.3 Å². The topological polar surface area (TPSA) is 43.4 Å². The molecule has 0 aliphatic rings. The fourth-order valence-corrected chi connectivity index (χ4v) is 1.83. The van der Waals surface area contributed by atoms with Crippen LogP contribution in [0.2, 0.25) is 0 Å². The van der Waals surface area contributed by atoms with Crippen LogP contribution in [0.5, 0.6) is 0 Å². The van der Waals surface area contributed by atoms with Crippen molar-refractivity contribution >= 4 is 23.1 Å². The molecule has 0 spiro atoms. The van der Waals surface area contributed by atoms with E-state index >= 15 is 0 Å². The molecule has 1 rings (SSSR count). The summed E-state index contributed by atoms with van der Waals surface area (Å²) in [4.78, 5) is 22.3. The highest BCUT2D eigenvalue weighted by atomic mass is 32.1. The van der Waals surface area contributed by atoms with Crippen molar-refractivity contribution in [3.05, 3.63) is 21.9 Å². The molecule has 0 aliphatic heterocycles. The average Bonchev–Trinajstić information content (AvgIpc) is 2.64. The first kappa shape index (κ1) is 12.7. The lowest BCUT2D eigenvalue weighted by Crippen LogP contribution is -2.20. The predicted molar refractivity (Wildman–Crippen MR) is 50.3 cm³/mol. The molecule has 7 heteroatoms. The lowest BCUT2D eigenvalue weighted by atomic mass is 10.1. The van der Waals surface area contributed by atoms with Crippen molar-refractivity contribution in [2.45, 2.75) is 13.1 Å². The molecule has 0 N–H and O–H groups in total. The number of thiophene rings is 1. The quantitative estimate of drug-likeness (QED) is 0.471. The molecule has 0 atom stereocenters. The maximum Gasteiger partial charge on any atom is 0.417 e. The molecule has 0 saturated carbocycles. The fourth-order valence-electron chi connectivity index (χ4n) is 0.999. The Morgan fingerprint density at radius 1 is 1.38 bits per heavy atom. The first-order chi connectivity index (χ1) is 7.38. The number of hydrogen-bond donors (Lipinski definition) is 0. The van der Waals surface area contributed by atoms with Crippen LogP contribution in [0, 0.1) is 0 Å². The van der Waals surface area contributed by atoms with E-state index in [9.17, 15) is 22.8 Å². The largest absolute Gasteiger partial charge is 0.460 e. The van der Waals surface area contributed by atoms with Crippen LogP contribution in [0.25, 0.3) is 0 Å². The number of carbonyl (C=O) groups excluding carboxylic acids is 2. The molecule has 0 bridgehead atoms. The smallest absolute Gasteiger partial charge is 0.417 e. The SMILES string of the molecule is CCOC(=O)C(=O)c1cscc1C(F)(F)F. The van der Waals surface area contributed by atoms with E-state index in [2.05, 4.69) is 4.74 Å². The molecule has 0 amide bonds. The summed E-state index contributed by atoms with van der Waals surface area (Å²) in [6, 6.07) is 0. The number of ether oxygens (including phenoxy) is 1. The highest BCUT2D eigenvalue weighted by molar-refractivity contribution is 7.08. The molecular weight excluding hydrogens is 245 g/mol. The van der Waals surface area contributed by atoms with Gasteiger partial charge in [-0.1, -0.05) is 0 Å². The number of ketones is 1. The van der Waals surface area contributed by atoms with E-state index < -0.39 is 29.1 Å². The van der Waals surface area contributed by atoms with Gasteiger partial charge in [0.2, 0.25) is 0 Å². The monoisotopic (exact) mass is 252 g/mol. The van der Waals surface area contributed by atoms with Gasteiger partial charge in [-0.2, -0.15) is 24.5 Å². The lowest BCUT2D eigenvalue weighted by Gasteiger charge is -2.06. The van der Waals surface area contributed by atoms with Crippen LogP contribution in [0.15, 0.2) is 10.8 Å². The van der Waals surface area contributed by atoms with Gasteiger partial charge in [0, 0.05) is 10.8 Å². The third-order valence-electron chi connectivity index (χ3n) is 1.67. The van der Waals surface area contributed by atoms with Crippen LogP contribution < -0.4 is 0 Å². The summed E-state index contributed by atoms with van der Waals surface area (Å²) in [7, 11) is 0. The van der Waals surface area contributed by atoms with Crippen LogP contribution in [0.4, 0.5) is 13.2 Å². The average molecular weight is 252 g/mol. The highest BCUT2D eigenvalue weighted by Gasteiger charge is 2.37. The molecule has 88 valence electrons. The molecule has 0 aliphatic carbocycles. The van der Waals surface area contributed by atoms with Gasteiger partial charge in [-0.3, -0.25) is 4.79 Å². The molecule has 0 aromatic carbocycles. The molecule has 0 unspecified atom stereocenters. The fraction of sp³-hybridized carbons (Fsp3) is 0.333. The third kappa shape index (κ3) is 2.60. The molecule has 0 saturated heterocycles. The number of halogens is 3. The minimum absolute atomic E-state index is 0.0595. The predicted octanol–water partition coefficient (Wildman–Crippen LogP) is 2.51. The molecule has 1 aromatic rings. The Balaban J connectivity index is 3.02. The number of Topliss-reactive ketones (excluding diaryl/α,β-unsaturated/α-hetero) is 1. The molecule has 1 aromatic heterocycles. The lowest BCUT2D eigenvalue weighted by molar-refractivity contribution is -0.138. The second kappa shape index (κ2) is 4.65. The van der Waals surface area contributed by atoms with E-state index in [-0.39, 0.29) is 6.61 Å². The van der Waals surface area contributed by atoms with Crippen LogP contribution in [0.3, 0.4) is 0 Å². The summed E-state index contributed by atoms with van der Waals surface area (Å²) in [6.45, 7) is 1.40. The Morgan fingerprint density at radius 3 is 2.50 bits per heavy atom. The van der Waals surface area contributed by atoms with Crippen molar-refractivity contribution in [2.24, 2.45) is 0 Å². The summed E-state index contributed by atoms with van der Waals surface area (Å²) in [5, 5.41) is 1.77. The number of esters is 1. The van der Waals surface area contributed by atoms with Gasteiger partial charge in [-0.05, 0) is 6.92 Å². The summed E-state index contributed by atoms with van der Waals surface area (Å²) in [5.41, 5.74) is -1.76. The Hall–Kier alpha value is -1.37. The van der Waals surface area contributed by atoms with Gasteiger partial charge in [0.05, 0.1) is 17.7 Å². The van der Waals surface area contributed by atoms with Crippen molar-refractivity contribution in [1.29, 1.82) is 0 Å². The van der Waals surface area contributed by atoms with E-state index in [4.69, 9.17) is 0 Å². The Morgan fingerprint density at radius 2 is 2.00 bits per heavy atom. The summed E-state index contributed by atoms with van der Waals surface area (Å²) >= 11 is 0.708. The minimum Gasteiger partial charge on any atom is -0.460 e. The third-order valence-corrected chi connectivity index (χ3v) is 2.42. The Kier molecular flexibility index (Phi) is 3.69. The Bertz CT molecular complexity index is 408. The number of alkyl halides is 3. The number of hydrogen-bond acceptors (Lipinski definition) is 4. The van der Waals surface area contributed by atoms with E-state index in [1.807, 2.05) is 0 Å². The van der Waals surface area contributed by atoms with Crippen LogP contribution in [-0.2, 0) is 15.7 Å². The van der Waals surface area contributed by atoms with Gasteiger partial charge in [-0.15, -0.1) is 0 Å². The van der Waals surface area contributed by atoms with E-state index in [1.165, 1.54) is 6.92 Å². The van der Waals surface area contributed by atoms with Crippen LogP contribution in [0.1, 0.15) is 22.8 Å². The zero-order valence-corrected chi connectivity index (χ0v) is 8.95. The van der Waals surface area contributed by atoms with Gasteiger partial charge in [0.25, 0.3) is 5.78 Å². The van der Waals surface area contributed by atoms with Gasteiger partial charge in [-0.25, -0.2) is 4.79 Å². The summed E-state index contributed by atoms with van der Waals surface area (Å²) in [6.07, 6.45) is -4.64. The van der Waals surface area contributed by atoms with Gasteiger partial charge >= 0.3 is 12.1 Å². The minimum atomic E-state index is -4.64. The second-order valence-electron chi connectivity index (χ2n) is 2.75. The zero-order valence-electron chi connectivity index (χ0n) is 8.13. The van der Waals surface area contributed by atoms with Crippen molar-refractivity contribution < 1.29 is 27.5 Å². The molecule has 1 heterocycles. The molecule has 3 nitrogen and oxygen atoms in total. The van der Waals surface area contributed by atoms with Gasteiger partial charge < -0.3 is 4.74 Å². The summed E-state index contributed by atoms with van der Waals surface area (Å²) in [5.74, 6) is -2.54. The van der Waals surface area contributed by atoms with Crippen LogP contribution in [-0.4, -0.2) is 18.4 Å². The van der Waals surface area contributed by atoms with Crippen LogP contribution >= 0.6 is 11.3 Å². The van der Waals surface area contributed by atoms with Crippen molar-refractivity contribution in [3.63, 3.8) is 0 Å². The molecule has 16 heavy (non-hydrogen) atoms. The van der Waals surface area contributed by atoms with Crippen molar-refractivity contribution in [3.8, 4) is 0 Å². The van der Waals surface area contributed by atoms with Gasteiger partial charge in [0.1, 0.15) is 0 Å². The molecular formula is C9H7F3O3S. The van der Waals surface area contributed by atoms with Crippen molar-refractivity contribution in [1.82, 2.24) is 0 Å². The van der Waals surface area contributed by atoms with Gasteiger partial charge in [0.15, 0.2) is 0 Å². The van der Waals surface area contributed by atoms with E-state index in [1.54, 1.807) is 0 Å². The number of carbonyl (C=O) groups is 2. The molecule has 0 radical (unpaired) electrons. The molecule has 0 fully saturated rings. The zero-order chi connectivity index (χ0) is 12.3. The Labute approximate surface area is 92.8 Å². The van der Waals surface area contributed by atoms with Crippen molar-refractivity contribution in [2.75, 3.05) is 6.61 Å². The first-order valence-electron chi connectivity index (χ1n) is 4.22. The standard InChI is InChI=1S/C9H7F3O3S/c1-2-15-8(14)7(13)5-3-16-4-6(5)9(10,11)12/h3-4H,2H2,1H3. The normalized spacial score (nSPS) is 11.2. The first-order valence-corrected chi connectivity index (χ1v) is 5.17. The maximum atomic E-state index is 12.4. The second-order valence-corrected chi connectivity index (χ2v) is 3.49. The number of rotatable bonds is 3. The van der Waals surface area contributed by atoms with E-state index in [0.717, 1.165) is 10.8 Å². The summed E-state index contributed by atoms with van der Waals surface area (Å²) < 4.78 is 41.5. The maximum absolute atomic E-state index is 12.4. The highest BCUT2D eigenvalue weighted by Crippen LogP contribution is 2.34.